The second kappa shape index (κ2) is 7.43. The van der Waals surface area contributed by atoms with Gasteiger partial charge in [-0.25, -0.2) is 4.98 Å². The molecule has 1 atom stereocenters. The second-order valence-electron chi connectivity index (χ2n) is 4.90. The maximum atomic E-state index is 6.20. The number of nitrogens with zero attached hydrogens (tertiary/aromatic N) is 2. The van der Waals surface area contributed by atoms with Crippen molar-refractivity contribution in [2.45, 2.75) is 38.8 Å². The van der Waals surface area contributed by atoms with Crippen LogP contribution in [0.3, 0.4) is 0 Å². The van der Waals surface area contributed by atoms with Gasteiger partial charge in [0.05, 0.1) is 0 Å². The Morgan fingerprint density at radius 2 is 2.15 bits per heavy atom. The average Bonchev–Trinajstić information content (AvgIpc) is 2.88. The number of aryl methyl sites for hydroxylation is 1. The molecule has 1 aromatic carbocycles. The molecule has 108 valence electrons. The van der Waals surface area contributed by atoms with Gasteiger partial charge in [0.1, 0.15) is 5.82 Å². The first kappa shape index (κ1) is 15.0. The van der Waals surface area contributed by atoms with Crippen LogP contribution in [-0.2, 0) is 19.4 Å². The summed E-state index contributed by atoms with van der Waals surface area (Å²) < 4.78 is 2.18. The molecule has 0 aliphatic heterocycles. The molecule has 0 bridgehead atoms. The van der Waals surface area contributed by atoms with Crippen LogP contribution in [0.25, 0.3) is 0 Å². The summed E-state index contributed by atoms with van der Waals surface area (Å²) in [5, 5.41) is 0.782. The van der Waals surface area contributed by atoms with Crippen molar-refractivity contribution in [3.63, 3.8) is 0 Å². The van der Waals surface area contributed by atoms with Crippen LogP contribution in [0.5, 0.6) is 0 Å². The molecule has 0 fully saturated rings. The van der Waals surface area contributed by atoms with Crippen molar-refractivity contribution in [2.75, 3.05) is 0 Å². The fourth-order valence-electron chi connectivity index (χ4n) is 2.31. The van der Waals surface area contributed by atoms with Gasteiger partial charge in [0.25, 0.3) is 0 Å². The van der Waals surface area contributed by atoms with Crippen molar-refractivity contribution >= 4 is 11.6 Å². The molecule has 0 amide bonds. The number of hydrogen-bond acceptors (Lipinski definition) is 3. The van der Waals surface area contributed by atoms with E-state index >= 15 is 0 Å². The Balaban J connectivity index is 2.05. The largest absolute Gasteiger partial charge is 0.335 e. The molecule has 0 spiro atoms. The topological polar surface area (TPSA) is 55.9 Å². The van der Waals surface area contributed by atoms with Crippen LogP contribution in [0.1, 0.15) is 24.7 Å². The van der Waals surface area contributed by atoms with Crippen LogP contribution in [0.15, 0.2) is 36.7 Å². The second-order valence-corrected chi connectivity index (χ2v) is 5.31. The number of aromatic nitrogens is 2. The summed E-state index contributed by atoms with van der Waals surface area (Å²) in [6.07, 6.45) is 6.52. The molecule has 3 N–H and O–H groups in total. The van der Waals surface area contributed by atoms with Gasteiger partial charge in [0.15, 0.2) is 0 Å². The van der Waals surface area contributed by atoms with E-state index in [9.17, 15) is 0 Å². The van der Waals surface area contributed by atoms with Crippen molar-refractivity contribution in [3.05, 3.63) is 53.1 Å². The Morgan fingerprint density at radius 3 is 2.85 bits per heavy atom. The van der Waals surface area contributed by atoms with Crippen LogP contribution in [-0.4, -0.2) is 15.6 Å². The predicted molar refractivity (Wildman–Crippen MR) is 82.5 cm³/mol. The lowest BCUT2D eigenvalue weighted by Gasteiger charge is -2.17. The van der Waals surface area contributed by atoms with Gasteiger partial charge in [-0.05, 0) is 24.5 Å². The Hall–Kier alpha value is -1.36. The zero-order valence-electron chi connectivity index (χ0n) is 11.7. The highest BCUT2D eigenvalue weighted by atomic mass is 35.5. The molecule has 4 nitrogen and oxygen atoms in total. The average molecular weight is 293 g/mol. The highest BCUT2D eigenvalue weighted by Crippen LogP contribution is 2.17. The molecule has 0 aliphatic carbocycles. The predicted octanol–water partition coefficient (Wildman–Crippen LogP) is 2.56. The summed E-state index contributed by atoms with van der Waals surface area (Å²) in [6, 6.07) is 7.98. The zero-order valence-corrected chi connectivity index (χ0v) is 12.5. The monoisotopic (exact) mass is 292 g/mol. The van der Waals surface area contributed by atoms with Gasteiger partial charge < -0.3 is 4.57 Å². The number of rotatable bonds is 7. The van der Waals surface area contributed by atoms with Crippen LogP contribution >= 0.6 is 11.6 Å². The smallest absolute Gasteiger partial charge is 0.110 e. The molecule has 1 heterocycles. The SMILES string of the molecule is CCCn1ccnc1CC(Cc1ccccc1Cl)NN. The van der Waals surface area contributed by atoms with Gasteiger partial charge in [-0.2, -0.15) is 0 Å². The third-order valence-corrected chi connectivity index (χ3v) is 3.72. The number of nitrogens with one attached hydrogen (secondary N) is 1. The van der Waals surface area contributed by atoms with Crippen molar-refractivity contribution in [1.29, 1.82) is 0 Å². The molecule has 0 saturated carbocycles. The van der Waals surface area contributed by atoms with E-state index < -0.39 is 0 Å². The number of halogens is 1. The number of nitrogens with two attached hydrogens (primary N) is 1. The highest BCUT2D eigenvalue weighted by molar-refractivity contribution is 6.31. The zero-order chi connectivity index (χ0) is 14.4. The van der Waals surface area contributed by atoms with Crippen LogP contribution in [0, 0.1) is 0 Å². The standard InChI is InChI=1S/C15H21ClN4/c1-2-8-20-9-7-18-15(20)11-13(19-17)10-12-5-3-4-6-14(12)16/h3-7,9,13,19H,2,8,10-11,17H2,1H3. The summed E-state index contributed by atoms with van der Waals surface area (Å²) in [5.41, 5.74) is 3.98. The first-order chi connectivity index (χ1) is 9.74. The van der Waals surface area contributed by atoms with E-state index in [1.54, 1.807) is 0 Å². The van der Waals surface area contributed by atoms with Crippen molar-refractivity contribution in [3.8, 4) is 0 Å². The molecular weight excluding hydrogens is 272 g/mol. The molecule has 0 radical (unpaired) electrons. The number of hydrazine groups is 1. The molecular formula is C15H21ClN4. The van der Waals surface area contributed by atoms with Gasteiger partial charge in [-0.1, -0.05) is 36.7 Å². The van der Waals surface area contributed by atoms with E-state index in [1.165, 1.54) is 0 Å². The molecule has 0 saturated heterocycles. The van der Waals surface area contributed by atoms with E-state index in [1.807, 2.05) is 36.7 Å². The molecule has 2 rings (SSSR count). The summed E-state index contributed by atoms with van der Waals surface area (Å²) in [5.74, 6) is 6.74. The lowest BCUT2D eigenvalue weighted by atomic mass is 10.0. The lowest BCUT2D eigenvalue weighted by molar-refractivity contribution is 0.495. The number of benzene rings is 1. The fraction of sp³-hybridized carbons (Fsp3) is 0.400. The van der Waals surface area contributed by atoms with Gasteiger partial charge in [0.2, 0.25) is 0 Å². The molecule has 2 aromatic rings. The van der Waals surface area contributed by atoms with E-state index in [4.69, 9.17) is 17.4 Å². The van der Waals surface area contributed by atoms with Crippen LogP contribution in [0.2, 0.25) is 5.02 Å². The summed E-state index contributed by atoms with van der Waals surface area (Å²) in [4.78, 5) is 4.42. The Kier molecular flexibility index (Phi) is 5.59. The van der Waals surface area contributed by atoms with Crippen molar-refractivity contribution in [1.82, 2.24) is 15.0 Å². The van der Waals surface area contributed by atoms with Crippen molar-refractivity contribution < 1.29 is 0 Å². The van der Waals surface area contributed by atoms with Gasteiger partial charge in [0, 0.05) is 36.4 Å². The van der Waals surface area contributed by atoms with E-state index in [-0.39, 0.29) is 6.04 Å². The maximum absolute atomic E-state index is 6.20. The minimum Gasteiger partial charge on any atom is -0.335 e. The van der Waals surface area contributed by atoms with Crippen molar-refractivity contribution in [2.24, 2.45) is 5.84 Å². The number of imidazole rings is 1. The van der Waals surface area contributed by atoms with Gasteiger partial charge >= 0.3 is 0 Å². The summed E-state index contributed by atoms with van der Waals surface area (Å²) in [6.45, 7) is 3.14. The Labute approximate surface area is 124 Å². The van der Waals surface area contributed by atoms with Crippen LogP contribution < -0.4 is 11.3 Å². The fourth-order valence-corrected chi connectivity index (χ4v) is 2.53. The molecule has 1 aromatic heterocycles. The first-order valence-electron chi connectivity index (χ1n) is 6.94. The van der Waals surface area contributed by atoms with Gasteiger partial charge in [-0.15, -0.1) is 0 Å². The normalized spacial score (nSPS) is 12.6. The Bertz CT molecular complexity index is 538. The molecule has 5 heteroatoms. The minimum absolute atomic E-state index is 0.118. The van der Waals surface area contributed by atoms with E-state index in [2.05, 4.69) is 21.9 Å². The quantitative estimate of drug-likeness (QED) is 0.609. The molecule has 20 heavy (non-hydrogen) atoms. The van der Waals surface area contributed by atoms with E-state index in [0.717, 1.165) is 42.2 Å². The Morgan fingerprint density at radius 1 is 1.35 bits per heavy atom. The third-order valence-electron chi connectivity index (χ3n) is 3.36. The maximum Gasteiger partial charge on any atom is 0.110 e. The number of hydrogen-bond donors (Lipinski definition) is 2. The minimum atomic E-state index is 0.118. The van der Waals surface area contributed by atoms with Gasteiger partial charge in [-0.3, -0.25) is 11.3 Å². The highest BCUT2D eigenvalue weighted by Gasteiger charge is 2.13. The molecule has 1 unspecified atom stereocenters. The summed E-state index contributed by atoms with van der Waals surface area (Å²) in [7, 11) is 0. The first-order valence-corrected chi connectivity index (χ1v) is 7.32. The third kappa shape index (κ3) is 3.82. The summed E-state index contributed by atoms with van der Waals surface area (Å²) >= 11 is 6.20. The van der Waals surface area contributed by atoms with Crippen LogP contribution in [0.4, 0.5) is 0 Å². The lowest BCUT2D eigenvalue weighted by Crippen LogP contribution is -2.39. The molecule has 0 aliphatic rings. The van der Waals surface area contributed by atoms with E-state index in [0.29, 0.717) is 0 Å².